The van der Waals surface area contributed by atoms with E-state index in [9.17, 15) is 5.11 Å². The largest absolute Gasteiger partial charge is 0.394 e. The van der Waals surface area contributed by atoms with Gasteiger partial charge in [-0.3, -0.25) is 0 Å². The Hall–Kier alpha value is -0.0800. The average Bonchev–Trinajstić information content (AvgIpc) is 2.42. The molecule has 0 spiro atoms. The third-order valence-electron chi connectivity index (χ3n) is 3.94. The molecule has 1 fully saturated rings. The zero-order chi connectivity index (χ0) is 11.3. The van der Waals surface area contributed by atoms with E-state index in [0.717, 1.165) is 25.2 Å². The molecule has 2 heteroatoms. The highest BCUT2D eigenvalue weighted by Crippen LogP contribution is 2.30. The van der Waals surface area contributed by atoms with Crippen LogP contribution in [0.25, 0.3) is 0 Å². The first-order chi connectivity index (χ1) is 7.12. The van der Waals surface area contributed by atoms with E-state index < -0.39 is 0 Å². The molecule has 2 N–H and O–H groups in total. The Bertz CT molecular complexity index is 183. The summed E-state index contributed by atoms with van der Waals surface area (Å²) in [6.07, 6.45) is 7.24. The molecular weight excluding hydrogens is 186 g/mol. The summed E-state index contributed by atoms with van der Waals surface area (Å²) >= 11 is 0. The Morgan fingerprint density at radius 2 is 2.13 bits per heavy atom. The maximum Gasteiger partial charge on any atom is 0.0613 e. The minimum atomic E-state index is 0.0141. The van der Waals surface area contributed by atoms with Crippen molar-refractivity contribution in [2.24, 2.45) is 5.92 Å². The van der Waals surface area contributed by atoms with Crippen LogP contribution in [0.5, 0.6) is 0 Å². The van der Waals surface area contributed by atoms with Crippen LogP contribution in [0.2, 0.25) is 0 Å². The minimum absolute atomic E-state index is 0.0141. The van der Waals surface area contributed by atoms with Gasteiger partial charge in [0.1, 0.15) is 0 Å². The Kier molecular flexibility index (Phi) is 5.07. The van der Waals surface area contributed by atoms with Crippen LogP contribution in [-0.2, 0) is 0 Å². The Morgan fingerprint density at radius 1 is 1.40 bits per heavy atom. The highest BCUT2D eigenvalue weighted by Gasteiger charge is 2.32. The van der Waals surface area contributed by atoms with Crippen molar-refractivity contribution in [1.29, 1.82) is 0 Å². The molecule has 3 atom stereocenters. The van der Waals surface area contributed by atoms with Crippen molar-refractivity contribution in [2.75, 3.05) is 6.61 Å². The SMILES string of the molecule is CCC(C)NC1(CO)CCCC(C)CC1. The van der Waals surface area contributed by atoms with Crippen molar-refractivity contribution in [3.63, 3.8) is 0 Å². The maximum absolute atomic E-state index is 9.63. The highest BCUT2D eigenvalue weighted by molar-refractivity contribution is 4.91. The molecule has 0 aliphatic heterocycles. The molecule has 0 bridgehead atoms. The normalized spacial score (nSPS) is 34.8. The first kappa shape index (κ1) is 13.0. The summed E-state index contributed by atoms with van der Waals surface area (Å²) < 4.78 is 0. The fourth-order valence-corrected chi connectivity index (χ4v) is 2.55. The van der Waals surface area contributed by atoms with Gasteiger partial charge in [0.2, 0.25) is 0 Å². The average molecular weight is 213 g/mol. The lowest BCUT2D eigenvalue weighted by atomic mass is 9.89. The van der Waals surface area contributed by atoms with E-state index in [4.69, 9.17) is 0 Å². The summed E-state index contributed by atoms with van der Waals surface area (Å²) in [6, 6.07) is 0.519. The van der Waals surface area contributed by atoms with E-state index in [2.05, 4.69) is 26.1 Å². The fraction of sp³-hybridized carbons (Fsp3) is 1.00. The molecule has 3 unspecified atom stereocenters. The Labute approximate surface area is 94.5 Å². The number of aliphatic hydroxyl groups is 1. The van der Waals surface area contributed by atoms with Gasteiger partial charge in [-0.15, -0.1) is 0 Å². The molecule has 1 rings (SSSR count). The summed E-state index contributed by atoms with van der Waals surface area (Å²) in [5.74, 6) is 0.831. The first-order valence-corrected chi connectivity index (χ1v) is 6.50. The summed E-state index contributed by atoms with van der Waals surface area (Å²) in [5, 5.41) is 13.3. The molecule has 0 aromatic heterocycles. The fourth-order valence-electron chi connectivity index (χ4n) is 2.55. The quantitative estimate of drug-likeness (QED) is 0.704. The monoisotopic (exact) mass is 213 g/mol. The van der Waals surface area contributed by atoms with E-state index in [1.54, 1.807) is 0 Å². The molecule has 0 aromatic carbocycles. The Balaban J connectivity index is 2.57. The second-order valence-corrected chi connectivity index (χ2v) is 5.43. The smallest absolute Gasteiger partial charge is 0.0613 e. The molecule has 1 aliphatic rings. The van der Waals surface area contributed by atoms with Crippen LogP contribution in [-0.4, -0.2) is 23.3 Å². The molecule has 0 aromatic rings. The maximum atomic E-state index is 9.63. The van der Waals surface area contributed by atoms with Gasteiger partial charge in [0.05, 0.1) is 6.61 Å². The van der Waals surface area contributed by atoms with Crippen molar-refractivity contribution in [2.45, 2.75) is 70.9 Å². The van der Waals surface area contributed by atoms with Crippen molar-refractivity contribution < 1.29 is 5.11 Å². The lowest BCUT2D eigenvalue weighted by Gasteiger charge is -2.35. The third kappa shape index (κ3) is 3.76. The molecule has 1 saturated carbocycles. The van der Waals surface area contributed by atoms with Crippen LogP contribution < -0.4 is 5.32 Å². The lowest BCUT2D eigenvalue weighted by Crippen LogP contribution is -2.51. The van der Waals surface area contributed by atoms with Crippen LogP contribution in [0.1, 0.15) is 59.3 Å². The molecule has 0 amide bonds. The number of aliphatic hydroxyl groups excluding tert-OH is 1. The minimum Gasteiger partial charge on any atom is -0.394 e. The highest BCUT2D eigenvalue weighted by atomic mass is 16.3. The van der Waals surface area contributed by atoms with Crippen LogP contribution in [0.15, 0.2) is 0 Å². The van der Waals surface area contributed by atoms with Crippen molar-refractivity contribution in [3.8, 4) is 0 Å². The van der Waals surface area contributed by atoms with Crippen molar-refractivity contribution in [3.05, 3.63) is 0 Å². The Morgan fingerprint density at radius 3 is 2.73 bits per heavy atom. The van der Waals surface area contributed by atoms with Gasteiger partial charge in [-0.1, -0.05) is 26.7 Å². The molecule has 2 nitrogen and oxygen atoms in total. The van der Waals surface area contributed by atoms with Gasteiger partial charge in [-0.05, 0) is 38.5 Å². The zero-order valence-corrected chi connectivity index (χ0v) is 10.6. The summed E-state index contributed by atoms with van der Waals surface area (Å²) in [4.78, 5) is 0. The van der Waals surface area contributed by atoms with Crippen LogP contribution in [0, 0.1) is 5.92 Å². The molecule has 0 saturated heterocycles. The number of hydrogen-bond acceptors (Lipinski definition) is 2. The topological polar surface area (TPSA) is 32.3 Å². The van der Waals surface area contributed by atoms with Gasteiger partial charge in [0.25, 0.3) is 0 Å². The van der Waals surface area contributed by atoms with E-state index in [0.29, 0.717) is 12.6 Å². The molecule has 0 heterocycles. The van der Waals surface area contributed by atoms with E-state index in [1.165, 1.54) is 19.3 Å². The second kappa shape index (κ2) is 5.86. The van der Waals surface area contributed by atoms with Gasteiger partial charge in [0.15, 0.2) is 0 Å². The summed E-state index contributed by atoms with van der Waals surface area (Å²) in [6.45, 7) is 7.04. The molecular formula is C13H27NO. The first-order valence-electron chi connectivity index (χ1n) is 6.50. The zero-order valence-electron chi connectivity index (χ0n) is 10.6. The molecule has 90 valence electrons. The predicted octanol–water partition coefficient (Wildman–Crippen LogP) is 2.71. The standard InChI is InChI=1S/C13H27NO/c1-4-12(3)14-13(10-15)8-5-6-11(2)7-9-13/h11-12,14-15H,4-10H2,1-3H3. The van der Waals surface area contributed by atoms with Gasteiger partial charge >= 0.3 is 0 Å². The van der Waals surface area contributed by atoms with Gasteiger partial charge in [0, 0.05) is 11.6 Å². The van der Waals surface area contributed by atoms with Crippen molar-refractivity contribution in [1.82, 2.24) is 5.32 Å². The number of nitrogens with one attached hydrogen (secondary N) is 1. The lowest BCUT2D eigenvalue weighted by molar-refractivity contribution is 0.131. The predicted molar refractivity (Wildman–Crippen MR) is 65.0 cm³/mol. The van der Waals surface area contributed by atoms with Gasteiger partial charge < -0.3 is 10.4 Å². The van der Waals surface area contributed by atoms with Gasteiger partial charge in [-0.2, -0.15) is 0 Å². The van der Waals surface area contributed by atoms with E-state index in [1.807, 2.05) is 0 Å². The summed E-state index contributed by atoms with van der Waals surface area (Å²) in [5.41, 5.74) is 0.0141. The van der Waals surface area contributed by atoms with Gasteiger partial charge in [-0.25, -0.2) is 0 Å². The van der Waals surface area contributed by atoms with Crippen molar-refractivity contribution >= 4 is 0 Å². The molecule has 0 radical (unpaired) electrons. The van der Waals surface area contributed by atoms with Crippen LogP contribution in [0.4, 0.5) is 0 Å². The molecule has 1 aliphatic carbocycles. The third-order valence-corrected chi connectivity index (χ3v) is 3.94. The number of rotatable bonds is 4. The van der Waals surface area contributed by atoms with Crippen LogP contribution in [0.3, 0.4) is 0 Å². The summed E-state index contributed by atoms with van der Waals surface area (Å²) in [7, 11) is 0. The van der Waals surface area contributed by atoms with E-state index >= 15 is 0 Å². The second-order valence-electron chi connectivity index (χ2n) is 5.43. The van der Waals surface area contributed by atoms with E-state index in [-0.39, 0.29) is 5.54 Å². The van der Waals surface area contributed by atoms with Crippen LogP contribution >= 0.6 is 0 Å². The number of hydrogen-bond donors (Lipinski definition) is 2. The molecule has 15 heavy (non-hydrogen) atoms.